The highest BCUT2D eigenvalue weighted by Gasteiger charge is 2.22. The fraction of sp³-hybridized carbons (Fsp3) is 0.312. The molecule has 0 unspecified atom stereocenters. The molecule has 2 aliphatic heterocycles. The number of piperidine rings is 1. The van der Waals surface area contributed by atoms with Crippen LogP contribution in [0.2, 0.25) is 0 Å². The van der Waals surface area contributed by atoms with Crippen molar-refractivity contribution in [2.45, 2.75) is 19.3 Å². The van der Waals surface area contributed by atoms with Crippen LogP contribution in [0.1, 0.15) is 29.6 Å². The summed E-state index contributed by atoms with van der Waals surface area (Å²) in [6.45, 7) is 3.35. The Morgan fingerprint density at radius 1 is 0.929 bits per heavy atom. The molecular formula is C32H32N2O8. The molecule has 1 saturated heterocycles. The first kappa shape index (κ1) is 27.5. The van der Waals surface area contributed by atoms with Gasteiger partial charge in [-0.15, -0.1) is 0 Å². The van der Waals surface area contributed by atoms with Crippen LogP contribution in [0.5, 0.6) is 28.7 Å². The van der Waals surface area contributed by atoms with Crippen molar-refractivity contribution in [1.82, 2.24) is 4.90 Å². The number of anilines is 1. The average Bonchev–Trinajstić information content (AvgIpc) is 3.49. The minimum Gasteiger partial charge on any atom is -0.493 e. The molecule has 0 bridgehead atoms. The standard InChI is InChI=1S/C32H32N2O8/c1-37-28-18-27-29(31(30(28)38-2)39-14-13-34-11-4-3-5-12-34)23(35)17-25(42-27)20-7-6-8-22(15-20)33-32(36)21-9-10-24-26(16-21)41-19-40-24/h6-10,15-18H,3-5,11-14,19H2,1-2H3,(H,33,36). The van der Waals surface area contributed by atoms with Gasteiger partial charge in [0.05, 0.1) is 14.2 Å². The topological polar surface area (TPSA) is 109 Å². The highest BCUT2D eigenvalue weighted by molar-refractivity contribution is 6.05. The first-order chi connectivity index (χ1) is 20.5. The lowest BCUT2D eigenvalue weighted by Crippen LogP contribution is -2.33. The number of methoxy groups -OCH3 is 2. The van der Waals surface area contributed by atoms with E-state index in [9.17, 15) is 9.59 Å². The summed E-state index contributed by atoms with van der Waals surface area (Å²) in [5.74, 6) is 2.18. The molecule has 1 amide bonds. The number of nitrogens with one attached hydrogen (secondary N) is 1. The number of rotatable bonds is 9. The second-order valence-electron chi connectivity index (χ2n) is 10.1. The predicted molar refractivity (Wildman–Crippen MR) is 157 cm³/mol. The van der Waals surface area contributed by atoms with Crippen LogP contribution in [0.4, 0.5) is 5.69 Å². The average molecular weight is 573 g/mol. The summed E-state index contributed by atoms with van der Waals surface area (Å²) in [6, 6.07) is 15.1. The molecular weight excluding hydrogens is 540 g/mol. The minimum atomic E-state index is -0.311. The van der Waals surface area contributed by atoms with Crippen LogP contribution >= 0.6 is 0 Å². The summed E-state index contributed by atoms with van der Waals surface area (Å²) in [5.41, 5.74) is 1.59. The number of carbonyl (C=O) groups excluding carboxylic acids is 1. The number of benzene rings is 3. The van der Waals surface area contributed by atoms with Crippen molar-refractivity contribution in [3.05, 3.63) is 70.4 Å². The first-order valence-electron chi connectivity index (χ1n) is 13.9. The Balaban J connectivity index is 1.28. The van der Waals surface area contributed by atoms with Gasteiger partial charge in [0.1, 0.15) is 23.3 Å². The summed E-state index contributed by atoms with van der Waals surface area (Å²) >= 11 is 0. The largest absolute Gasteiger partial charge is 0.493 e. The van der Waals surface area contributed by atoms with Crippen LogP contribution < -0.4 is 34.4 Å². The number of ether oxygens (including phenoxy) is 5. The van der Waals surface area contributed by atoms with Crippen LogP contribution in [-0.4, -0.2) is 58.1 Å². The van der Waals surface area contributed by atoms with E-state index in [1.807, 2.05) is 0 Å². The minimum absolute atomic E-state index is 0.129. The van der Waals surface area contributed by atoms with Gasteiger partial charge in [-0.3, -0.25) is 14.5 Å². The lowest BCUT2D eigenvalue weighted by atomic mass is 10.1. The molecule has 10 nitrogen and oxygen atoms in total. The van der Waals surface area contributed by atoms with Gasteiger partial charge in [0, 0.05) is 35.5 Å². The Morgan fingerprint density at radius 3 is 2.57 bits per heavy atom. The monoisotopic (exact) mass is 572 g/mol. The lowest BCUT2D eigenvalue weighted by Gasteiger charge is -2.26. The van der Waals surface area contributed by atoms with Crippen molar-refractivity contribution in [1.29, 1.82) is 0 Å². The molecule has 1 aromatic heterocycles. The number of hydrogen-bond acceptors (Lipinski definition) is 9. The number of amides is 1. The zero-order chi connectivity index (χ0) is 29.1. The SMILES string of the molecule is COc1cc2oc(-c3cccc(NC(=O)c4ccc5c(c4)OCO5)c3)cc(=O)c2c(OCCN2CCCCC2)c1OC. The van der Waals surface area contributed by atoms with Crippen LogP contribution in [0, 0.1) is 0 Å². The van der Waals surface area contributed by atoms with Crippen LogP contribution in [0.25, 0.3) is 22.3 Å². The van der Waals surface area contributed by atoms with E-state index in [1.165, 1.54) is 39.5 Å². The van der Waals surface area contributed by atoms with E-state index in [-0.39, 0.29) is 23.5 Å². The zero-order valence-electron chi connectivity index (χ0n) is 23.6. The molecule has 42 heavy (non-hydrogen) atoms. The third-order valence-corrected chi connectivity index (χ3v) is 7.46. The Hall–Kier alpha value is -4.70. The fourth-order valence-corrected chi connectivity index (χ4v) is 5.32. The van der Waals surface area contributed by atoms with E-state index in [0.717, 1.165) is 19.6 Å². The van der Waals surface area contributed by atoms with E-state index in [2.05, 4.69) is 10.2 Å². The van der Waals surface area contributed by atoms with Crippen molar-refractivity contribution in [2.24, 2.45) is 0 Å². The van der Waals surface area contributed by atoms with Crippen LogP contribution in [0.15, 0.2) is 63.8 Å². The van der Waals surface area contributed by atoms with Gasteiger partial charge in [-0.2, -0.15) is 0 Å². The molecule has 218 valence electrons. The second-order valence-corrected chi connectivity index (χ2v) is 10.1. The predicted octanol–water partition coefficient (Wildman–Crippen LogP) is 5.32. The second kappa shape index (κ2) is 12.0. The molecule has 0 atom stereocenters. The smallest absolute Gasteiger partial charge is 0.255 e. The summed E-state index contributed by atoms with van der Waals surface area (Å²) in [5, 5.41) is 3.17. The summed E-state index contributed by atoms with van der Waals surface area (Å²) in [4.78, 5) is 28.8. The highest BCUT2D eigenvalue weighted by atomic mass is 16.7. The Morgan fingerprint density at radius 2 is 1.76 bits per heavy atom. The maximum absolute atomic E-state index is 13.5. The van der Waals surface area contributed by atoms with E-state index in [1.54, 1.807) is 48.5 Å². The third-order valence-electron chi connectivity index (χ3n) is 7.46. The van der Waals surface area contributed by atoms with Gasteiger partial charge in [-0.1, -0.05) is 18.6 Å². The molecule has 10 heteroatoms. The number of likely N-dealkylation sites (tertiary alicyclic amines) is 1. The molecule has 3 aromatic carbocycles. The number of nitrogens with zero attached hydrogens (tertiary/aromatic N) is 1. The van der Waals surface area contributed by atoms with E-state index in [0.29, 0.717) is 63.5 Å². The van der Waals surface area contributed by atoms with Gasteiger partial charge in [0.2, 0.25) is 12.5 Å². The quantitative estimate of drug-likeness (QED) is 0.285. The molecule has 3 heterocycles. The van der Waals surface area contributed by atoms with Crippen molar-refractivity contribution < 1.29 is 32.9 Å². The molecule has 6 rings (SSSR count). The molecule has 4 aromatic rings. The summed E-state index contributed by atoms with van der Waals surface area (Å²) in [6.07, 6.45) is 3.62. The number of carbonyl (C=O) groups is 1. The van der Waals surface area contributed by atoms with Crippen molar-refractivity contribution in [3.63, 3.8) is 0 Å². The molecule has 1 N–H and O–H groups in total. The van der Waals surface area contributed by atoms with Gasteiger partial charge in [-0.25, -0.2) is 0 Å². The van der Waals surface area contributed by atoms with Gasteiger partial charge in [0.25, 0.3) is 5.91 Å². The molecule has 0 aliphatic carbocycles. The normalized spacial score (nSPS) is 14.5. The van der Waals surface area contributed by atoms with E-state index < -0.39 is 0 Å². The molecule has 2 aliphatic rings. The summed E-state index contributed by atoms with van der Waals surface area (Å²) < 4.78 is 34.3. The van der Waals surface area contributed by atoms with E-state index >= 15 is 0 Å². The van der Waals surface area contributed by atoms with Crippen molar-refractivity contribution >= 4 is 22.6 Å². The lowest BCUT2D eigenvalue weighted by molar-refractivity contribution is 0.102. The van der Waals surface area contributed by atoms with Gasteiger partial charge < -0.3 is 33.4 Å². The maximum atomic E-state index is 13.5. The molecule has 0 radical (unpaired) electrons. The zero-order valence-corrected chi connectivity index (χ0v) is 23.6. The summed E-state index contributed by atoms with van der Waals surface area (Å²) in [7, 11) is 3.04. The molecule has 0 saturated carbocycles. The number of hydrogen-bond donors (Lipinski definition) is 1. The number of fused-ring (bicyclic) bond motifs is 2. The Bertz CT molecular complexity index is 1680. The highest BCUT2D eigenvalue weighted by Crippen LogP contribution is 2.43. The van der Waals surface area contributed by atoms with Crippen molar-refractivity contribution in [2.75, 3.05) is 52.6 Å². The van der Waals surface area contributed by atoms with Crippen molar-refractivity contribution in [3.8, 4) is 40.1 Å². The third kappa shape index (κ3) is 5.58. The molecule has 0 spiro atoms. The Kier molecular flexibility index (Phi) is 7.87. The van der Waals surface area contributed by atoms with Crippen LogP contribution in [-0.2, 0) is 0 Å². The van der Waals surface area contributed by atoms with Gasteiger partial charge in [0.15, 0.2) is 28.4 Å². The maximum Gasteiger partial charge on any atom is 0.255 e. The first-order valence-corrected chi connectivity index (χ1v) is 13.9. The fourth-order valence-electron chi connectivity index (χ4n) is 5.32. The van der Waals surface area contributed by atoms with Gasteiger partial charge in [-0.05, 0) is 56.3 Å². The van der Waals surface area contributed by atoms with Gasteiger partial charge >= 0.3 is 0 Å². The van der Waals surface area contributed by atoms with E-state index in [4.69, 9.17) is 28.1 Å². The Labute approximate surface area is 242 Å². The molecule has 1 fully saturated rings. The van der Waals surface area contributed by atoms with Crippen LogP contribution in [0.3, 0.4) is 0 Å².